The number of halogens is 1. The molecule has 0 saturated heterocycles. The Balaban J connectivity index is 1.47. The first-order valence-corrected chi connectivity index (χ1v) is 10.8. The Morgan fingerprint density at radius 2 is 1.50 bits per heavy atom. The zero-order valence-electron chi connectivity index (χ0n) is 18.7. The molecule has 0 radical (unpaired) electrons. The molecule has 1 N–H and O–H groups in total. The van der Waals surface area contributed by atoms with Crippen molar-refractivity contribution in [2.24, 2.45) is 0 Å². The first kappa shape index (κ1) is 23.1. The van der Waals surface area contributed by atoms with Gasteiger partial charge in [0.1, 0.15) is 5.02 Å². The Morgan fingerprint density at radius 3 is 2.03 bits per heavy atom. The summed E-state index contributed by atoms with van der Waals surface area (Å²) in [6, 6.07) is 18.7. The zero-order valence-corrected chi connectivity index (χ0v) is 19.5. The van der Waals surface area contributed by atoms with Crippen LogP contribution < -0.4 is 5.32 Å². The minimum Gasteiger partial charge on any atom is -0.416 e. The number of aromatic nitrogens is 2. The van der Waals surface area contributed by atoms with Gasteiger partial charge < -0.3 is 9.73 Å². The fourth-order valence-corrected chi connectivity index (χ4v) is 3.45. The van der Waals surface area contributed by atoms with Crippen molar-refractivity contribution in [1.82, 2.24) is 10.2 Å². The molecule has 4 rings (SSSR count). The number of hydrogen-bond donors (Lipinski definition) is 1. The third-order valence-electron chi connectivity index (χ3n) is 5.22. The van der Waals surface area contributed by atoms with Gasteiger partial charge in [0.15, 0.2) is 0 Å². The molecule has 0 spiro atoms. The number of carbonyl (C=O) groups excluding carboxylic acids is 1. The van der Waals surface area contributed by atoms with Crippen LogP contribution in [0.25, 0.3) is 22.9 Å². The number of benzene rings is 3. The lowest BCUT2D eigenvalue weighted by molar-refractivity contribution is -0.384. The fraction of sp³-hybridized carbons (Fsp3) is 0.160. The molecule has 8 nitrogen and oxygen atoms in total. The Labute approximate surface area is 200 Å². The highest BCUT2D eigenvalue weighted by molar-refractivity contribution is 6.32. The summed E-state index contributed by atoms with van der Waals surface area (Å²) in [5.41, 5.74) is 3.07. The minimum absolute atomic E-state index is 0.0324. The molecule has 0 unspecified atom stereocenters. The Morgan fingerprint density at radius 1 is 0.941 bits per heavy atom. The molecular weight excluding hydrogens is 456 g/mol. The van der Waals surface area contributed by atoms with Crippen molar-refractivity contribution in [2.75, 3.05) is 5.32 Å². The number of carbonyl (C=O) groups is 1. The molecule has 4 aromatic rings. The van der Waals surface area contributed by atoms with Crippen LogP contribution in [0.15, 0.2) is 71.1 Å². The van der Waals surface area contributed by atoms with E-state index < -0.39 is 10.8 Å². The van der Waals surface area contributed by atoms with Gasteiger partial charge in [-0.05, 0) is 59.5 Å². The first-order valence-electron chi connectivity index (χ1n) is 10.4. The largest absolute Gasteiger partial charge is 0.416 e. The molecule has 1 heterocycles. The van der Waals surface area contributed by atoms with Crippen molar-refractivity contribution in [3.05, 3.63) is 93.0 Å². The highest BCUT2D eigenvalue weighted by Crippen LogP contribution is 2.29. The molecule has 9 heteroatoms. The predicted octanol–water partition coefficient (Wildman–Crippen LogP) is 6.52. The van der Waals surface area contributed by atoms with Gasteiger partial charge >= 0.3 is 0 Å². The van der Waals surface area contributed by atoms with Crippen LogP contribution in [0.4, 0.5) is 11.4 Å². The molecular formula is C25H21ClN4O4. The lowest BCUT2D eigenvalue weighted by Gasteiger charge is -2.18. The number of nitrogens with zero attached hydrogens (tertiary/aromatic N) is 3. The van der Waals surface area contributed by atoms with Crippen LogP contribution in [0.2, 0.25) is 5.02 Å². The van der Waals surface area contributed by atoms with E-state index in [-0.39, 0.29) is 21.7 Å². The van der Waals surface area contributed by atoms with Crippen LogP contribution >= 0.6 is 11.6 Å². The van der Waals surface area contributed by atoms with Gasteiger partial charge in [-0.2, -0.15) is 0 Å². The summed E-state index contributed by atoms with van der Waals surface area (Å²) in [7, 11) is 0. The molecule has 3 aromatic carbocycles. The van der Waals surface area contributed by atoms with Crippen LogP contribution in [0, 0.1) is 10.1 Å². The molecule has 0 saturated carbocycles. The maximum Gasteiger partial charge on any atom is 0.288 e. The molecule has 0 aliphatic carbocycles. The van der Waals surface area contributed by atoms with E-state index in [2.05, 4.69) is 36.3 Å². The maximum atomic E-state index is 12.5. The number of rotatable bonds is 5. The van der Waals surface area contributed by atoms with Crippen molar-refractivity contribution in [3.8, 4) is 22.9 Å². The third-order valence-corrected chi connectivity index (χ3v) is 5.54. The summed E-state index contributed by atoms with van der Waals surface area (Å²) >= 11 is 5.80. The molecule has 0 bridgehead atoms. The van der Waals surface area contributed by atoms with Gasteiger partial charge in [-0.1, -0.05) is 44.5 Å². The Hall–Kier alpha value is -4.04. The van der Waals surface area contributed by atoms with E-state index in [1.54, 1.807) is 24.3 Å². The van der Waals surface area contributed by atoms with Crippen molar-refractivity contribution in [2.45, 2.75) is 26.2 Å². The molecule has 172 valence electrons. The summed E-state index contributed by atoms with van der Waals surface area (Å²) < 4.78 is 5.83. The monoisotopic (exact) mass is 476 g/mol. The Bertz CT molecular complexity index is 1360. The van der Waals surface area contributed by atoms with Gasteiger partial charge in [0.05, 0.1) is 4.92 Å². The van der Waals surface area contributed by atoms with E-state index >= 15 is 0 Å². The summed E-state index contributed by atoms with van der Waals surface area (Å²) in [5.74, 6) is 0.268. The van der Waals surface area contributed by atoms with Gasteiger partial charge in [-0.15, -0.1) is 10.2 Å². The second-order valence-electron chi connectivity index (χ2n) is 8.69. The average molecular weight is 477 g/mol. The van der Waals surface area contributed by atoms with Crippen molar-refractivity contribution >= 4 is 28.9 Å². The second-order valence-corrected chi connectivity index (χ2v) is 9.10. The molecule has 34 heavy (non-hydrogen) atoms. The molecule has 0 atom stereocenters. The first-order chi connectivity index (χ1) is 16.1. The molecule has 0 aliphatic rings. The summed E-state index contributed by atoms with van der Waals surface area (Å²) in [6.45, 7) is 6.45. The van der Waals surface area contributed by atoms with Crippen molar-refractivity contribution in [1.29, 1.82) is 0 Å². The second kappa shape index (κ2) is 9.07. The van der Waals surface area contributed by atoms with Crippen molar-refractivity contribution in [3.63, 3.8) is 0 Å². The molecule has 0 fully saturated rings. The van der Waals surface area contributed by atoms with E-state index in [0.717, 1.165) is 11.6 Å². The smallest absolute Gasteiger partial charge is 0.288 e. The van der Waals surface area contributed by atoms with E-state index in [1.165, 1.54) is 17.7 Å². The van der Waals surface area contributed by atoms with Crippen LogP contribution in [0.1, 0.15) is 36.7 Å². The van der Waals surface area contributed by atoms with Crippen LogP contribution in [-0.2, 0) is 5.41 Å². The lowest BCUT2D eigenvalue weighted by atomic mass is 9.87. The topological polar surface area (TPSA) is 111 Å². The number of anilines is 1. The molecule has 0 aliphatic heterocycles. The highest BCUT2D eigenvalue weighted by Gasteiger charge is 2.17. The zero-order chi connectivity index (χ0) is 24.5. The van der Waals surface area contributed by atoms with Crippen LogP contribution in [0.3, 0.4) is 0 Å². The number of amides is 1. The summed E-state index contributed by atoms with van der Waals surface area (Å²) in [5, 5.41) is 22.0. The normalized spacial score (nSPS) is 11.3. The number of nitro groups is 1. The SMILES string of the molecule is CC(C)(C)c1ccc(-c2nnc(-c3ccc(NC(=O)c4ccc(Cl)c([N+](=O)[O-])c4)cc3)o2)cc1. The quantitative estimate of drug-likeness (QED) is 0.259. The van der Waals surface area contributed by atoms with Gasteiger partial charge in [0.2, 0.25) is 11.8 Å². The average Bonchev–Trinajstić information content (AvgIpc) is 3.29. The van der Waals surface area contributed by atoms with E-state index in [1.807, 2.05) is 24.3 Å². The Kier molecular flexibility index (Phi) is 6.17. The molecule has 1 aromatic heterocycles. The third kappa shape index (κ3) is 4.97. The van der Waals surface area contributed by atoms with E-state index in [4.69, 9.17) is 16.0 Å². The molecule has 1 amide bonds. The fourth-order valence-electron chi connectivity index (χ4n) is 3.26. The summed E-state index contributed by atoms with van der Waals surface area (Å²) in [6.07, 6.45) is 0. The standard InChI is InChI=1S/C25H21ClN4O4/c1-25(2,3)18-9-4-15(5-10-18)23-28-29-24(34-23)16-6-11-19(12-7-16)27-22(31)17-8-13-20(26)21(14-17)30(32)33/h4-14H,1-3H3,(H,27,31). The summed E-state index contributed by atoms with van der Waals surface area (Å²) in [4.78, 5) is 22.9. The minimum atomic E-state index is -0.633. The number of nitro benzene ring substituents is 1. The number of hydrogen-bond acceptors (Lipinski definition) is 6. The van der Waals surface area contributed by atoms with Crippen LogP contribution in [-0.4, -0.2) is 21.0 Å². The van der Waals surface area contributed by atoms with Gasteiger partial charge in [0.25, 0.3) is 11.6 Å². The van der Waals surface area contributed by atoms with Crippen LogP contribution in [0.5, 0.6) is 0 Å². The predicted molar refractivity (Wildman–Crippen MR) is 130 cm³/mol. The van der Waals surface area contributed by atoms with Crippen molar-refractivity contribution < 1.29 is 14.1 Å². The lowest BCUT2D eigenvalue weighted by Crippen LogP contribution is -2.12. The van der Waals surface area contributed by atoms with Gasteiger partial charge in [-0.3, -0.25) is 14.9 Å². The number of nitrogens with one attached hydrogen (secondary N) is 1. The van der Waals surface area contributed by atoms with E-state index in [0.29, 0.717) is 23.0 Å². The highest BCUT2D eigenvalue weighted by atomic mass is 35.5. The van der Waals surface area contributed by atoms with E-state index in [9.17, 15) is 14.9 Å². The maximum absolute atomic E-state index is 12.5. The van der Waals surface area contributed by atoms with Gasteiger partial charge in [-0.25, -0.2) is 0 Å². The van der Waals surface area contributed by atoms with Gasteiger partial charge in [0, 0.05) is 28.4 Å².